The molecule has 0 fully saturated rings. The van der Waals surface area contributed by atoms with Crippen LogP contribution < -0.4 is 0 Å². The highest BCUT2D eigenvalue weighted by atomic mass is 29.5. The van der Waals surface area contributed by atoms with E-state index in [2.05, 4.69) is 20.8 Å². The van der Waals surface area contributed by atoms with Crippen LogP contribution >= 0.6 is 0 Å². The molecule has 0 unspecified atom stereocenters. The zero-order valence-electron chi connectivity index (χ0n) is 6.62. The second-order valence-corrected chi connectivity index (χ2v) is 20.2. The highest BCUT2D eigenvalue weighted by molar-refractivity contribution is 7.24. The monoisotopic (exact) mass is 162 g/mol. The summed E-state index contributed by atoms with van der Waals surface area (Å²) >= 11 is 0. The van der Waals surface area contributed by atoms with E-state index < -0.39 is 0 Å². The fraction of sp³-hybridized carbons (Fsp3) is 1.00. The zero-order valence-corrected chi connectivity index (χ0v) is 11.4. The molecule has 0 saturated carbocycles. The summed E-state index contributed by atoms with van der Waals surface area (Å²) in [6.45, 7) is 7.23. The fourth-order valence-electron chi connectivity index (χ4n) is 0.854. The minimum atomic E-state index is 0.450. The Hall–Kier alpha value is 0.651. The highest BCUT2D eigenvalue weighted by Gasteiger charge is 2.12. The lowest BCUT2D eigenvalue weighted by atomic mass is 10.1. The molecule has 0 radical (unpaired) electrons. The van der Waals surface area contributed by atoms with Crippen molar-refractivity contribution in [1.29, 1.82) is 0 Å². The molecule has 0 aliphatic rings. The average molecular weight is 162 g/mol. The minimum Gasteiger partial charge on any atom is -0.0652 e. The summed E-state index contributed by atoms with van der Waals surface area (Å²) in [7, 11) is 2.60. The SMILES string of the molecule is CCC(C)(C)[SiH2][SiH2][SiH3]. The number of rotatable bonds is 3. The van der Waals surface area contributed by atoms with Crippen molar-refractivity contribution in [3.05, 3.63) is 0 Å². The second-order valence-electron chi connectivity index (χ2n) is 3.27. The summed E-state index contributed by atoms with van der Waals surface area (Å²) in [5, 5.41) is 0.827. The molecule has 0 aromatic rings. The smallest absolute Gasteiger partial charge is 0.0115 e. The minimum absolute atomic E-state index is 0.450. The first-order chi connectivity index (χ1) is 3.62. The first-order valence-electron chi connectivity index (χ1n) is 3.62. The average Bonchev–Trinajstić information content (AvgIpc) is 1.67. The van der Waals surface area contributed by atoms with Gasteiger partial charge in [-0.15, -0.1) is 0 Å². The van der Waals surface area contributed by atoms with Gasteiger partial charge >= 0.3 is 0 Å². The van der Waals surface area contributed by atoms with Crippen molar-refractivity contribution in [2.45, 2.75) is 32.2 Å². The molecule has 0 N–H and O–H groups in total. The van der Waals surface area contributed by atoms with Crippen LogP contribution in [0.1, 0.15) is 27.2 Å². The highest BCUT2D eigenvalue weighted by Crippen LogP contribution is 2.25. The van der Waals surface area contributed by atoms with E-state index in [0.717, 1.165) is 5.04 Å². The number of hydrogen-bond acceptors (Lipinski definition) is 0. The molecule has 0 heterocycles. The summed E-state index contributed by atoms with van der Waals surface area (Å²) in [5.74, 6) is 0. The van der Waals surface area contributed by atoms with E-state index in [1.807, 2.05) is 0 Å². The fourth-order valence-corrected chi connectivity index (χ4v) is 19.9. The van der Waals surface area contributed by atoms with Crippen molar-refractivity contribution in [2.24, 2.45) is 0 Å². The van der Waals surface area contributed by atoms with Crippen LogP contribution in [-0.4, -0.2) is 27.4 Å². The van der Waals surface area contributed by atoms with E-state index in [9.17, 15) is 0 Å². The number of hydrogen-bond donors (Lipinski definition) is 0. The van der Waals surface area contributed by atoms with E-state index >= 15 is 0 Å². The van der Waals surface area contributed by atoms with Gasteiger partial charge < -0.3 is 0 Å². The van der Waals surface area contributed by atoms with Gasteiger partial charge in [0.1, 0.15) is 0 Å². The summed E-state index contributed by atoms with van der Waals surface area (Å²) in [6.07, 6.45) is 1.43. The summed E-state index contributed by atoms with van der Waals surface area (Å²) < 4.78 is 0. The lowest BCUT2D eigenvalue weighted by Crippen LogP contribution is -2.18. The van der Waals surface area contributed by atoms with Crippen LogP contribution in [0.2, 0.25) is 5.04 Å². The third kappa shape index (κ3) is 3.63. The van der Waals surface area contributed by atoms with Gasteiger partial charge in [-0.05, 0) is 23.4 Å². The van der Waals surface area contributed by atoms with Crippen molar-refractivity contribution in [3.8, 4) is 0 Å². The van der Waals surface area contributed by atoms with E-state index in [1.165, 1.54) is 6.42 Å². The Morgan fingerprint density at radius 1 is 1.50 bits per heavy atom. The second kappa shape index (κ2) is 3.63. The molecule has 0 saturated heterocycles. The van der Waals surface area contributed by atoms with Gasteiger partial charge in [0.2, 0.25) is 0 Å². The summed E-state index contributed by atoms with van der Waals surface area (Å²) in [4.78, 5) is 0. The molecule has 50 valence electrons. The molecule has 0 atom stereocenters. The molecule has 0 aromatic heterocycles. The molecule has 8 heavy (non-hydrogen) atoms. The Labute approximate surface area is 60.1 Å². The molecule has 0 aliphatic heterocycles. The van der Waals surface area contributed by atoms with Crippen LogP contribution in [0.3, 0.4) is 0 Å². The van der Waals surface area contributed by atoms with Crippen molar-refractivity contribution < 1.29 is 0 Å². The molecule has 0 amide bonds. The predicted octanol–water partition coefficient (Wildman–Crippen LogP) is -0.872. The van der Waals surface area contributed by atoms with E-state index in [1.54, 1.807) is 9.76 Å². The molecule has 0 aliphatic carbocycles. The summed E-state index contributed by atoms with van der Waals surface area (Å²) in [5.41, 5.74) is 0. The quantitative estimate of drug-likeness (QED) is 0.473. The van der Waals surface area contributed by atoms with Gasteiger partial charge in [-0.1, -0.05) is 27.2 Å². The molecule has 0 spiro atoms. The third-order valence-electron chi connectivity index (χ3n) is 1.88. The standard InChI is InChI=1S/C5H18Si3/c1-4-5(2,3)7-8-6/h4,7-8H2,1-3,6H3. The maximum absolute atomic E-state index is 2.45. The topological polar surface area (TPSA) is 0 Å². The zero-order chi connectivity index (χ0) is 6.62. The molecule has 0 rings (SSSR count). The van der Waals surface area contributed by atoms with Gasteiger partial charge in [-0.3, -0.25) is 0 Å². The Morgan fingerprint density at radius 3 is 2.12 bits per heavy atom. The Bertz CT molecular complexity index is 60.7. The van der Waals surface area contributed by atoms with Crippen molar-refractivity contribution >= 4 is 27.4 Å². The molecule has 0 bridgehead atoms. The Kier molecular flexibility index (Phi) is 3.93. The van der Waals surface area contributed by atoms with Crippen molar-refractivity contribution in [3.63, 3.8) is 0 Å². The Balaban J connectivity index is 3.37. The van der Waals surface area contributed by atoms with E-state index in [4.69, 9.17) is 0 Å². The Morgan fingerprint density at radius 2 is 2.00 bits per heavy atom. The third-order valence-corrected chi connectivity index (χ3v) is 14.3. The molecule has 0 aromatic carbocycles. The van der Waals surface area contributed by atoms with Gasteiger partial charge in [0.25, 0.3) is 0 Å². The van der Waals surface area contributed by atoms with Crippen LogP contribution in [-0.2, 0) is 0 Å². The first kappa shape index (κ1) is 8.65. The molecular weight excluding hydrogens is 144 g/mol. The predicted molar refractivity (Wildman–Crippen MR) is 51.4 cm³/mol. The van der Waals surface area contributed by atoms with Crippen LogP contribution in [0.4, 0.5) is 0 Å². The van der Waals surface area contributed by atoms with Gasteiger partial charge in [-0.2, -0.15) is 0 Å². The normalized spacial score (nSPS) is 15.4. The molecular formula is C5H18Si3. The van der Waals surface area contributed by atoms with Gasteiger partial charge in [0, 0.05) is 9.04 Å². The van der Waals surface area contributed by atoms with Crippen molar-refractivity contribution in [1.82, 2.24) is 0 Å². The van der Waals surface area contributed by atoms with Crippen LogP contribution in [0.25, 0.3) is 0 Å². The molecule has 0 nitrogen and oxygen atoms in total. The first-order valence-corrected chi connectivity index (χ1v) is 14.0. The maximum Gasteiger partial charge on any atom is 0.0115 e. The maximum atomic E-state index is 2.45. The van der Waals surface area contributed by atoms with Crippen molar-refractivity contribution in [2.75, 3.05) is 0 Å². The molecule has 3 heteroatoms. The van der Waals surface area contributed by atoms with E-state index in [0.29, 0.717) is 17.6 Å². The summed E-state index contributed by atoms with van der Waals surface area (Å²) in [6, 6.07) is 0. The van der Waals surface area contributed by atoms with Crippen LogP contribution in [0.5, 0.6) is 0 Å². The van der Waals surface area contributed by atoms with Crippen LogP contribution in [0, 0.1) is 0 Å². The largest absolute Gasteiger partial charge is 0.0652 e. The van der Waals surface area contributed by atoms with Gasteiger partial charge in [0.15, 0.2) is 0 Å². The lowest BCUT2D eigenvalue weighted by Gasteiger charge is -2.20. The van der Waals surface area contributed by atoms with Gasteiger partial charge in [-0.25, -0.2) is 0 Å². The van der Waals surface area contributed by atoms with Crippen LogP contribution in [0.15, 0.2) is 0 Å². The lowest BCUT2D eigenvalue weighted by molar-refractivity contribution is 0.650. The van der Waals surface area contributed by atoms with Gasteiger partial charge in [0.05, 0.1) is 0 Å². The van der Waals surface area contributed by atoms with E-state index in [-0.39, 0.29) is 0 Å².